The van der Waals surface area contributed by atoms with Gasteiger partial charge in [-0.15, -0.1) is 0 Å². The first-order valence-corrected chi connectivity index (χ1v) is 10.0. The Morgan fingerprint density at radius 2 is 2.15 bits per heavy atom. The van der Waals surface area contributed by atoms with Crippen LogP contribution in [0.1, 0.15) is 26.2 Å². The summed E-state index contributed by atoms with van der Waals surface area (Å²) >= 11 is 1.34. The lowest BCUT2D eigenvalue weighted by Gasteiger charge is -2.33. The number of aromatic nitrogens is 2. The molecular weight excluding hydrogens is 350 g/mol. The molecule has 26 heavy (non-hydrogen) atoms. The summed E-state index contributed by atoms with van der Waals surface area (Å²) in [5, 5.41) is 1.16. The number of piperidine rings is 1. The predicted molar refractivity (Wildman–Crippen MR) is 104 cm³/mol. The van der Waals surface area contributed by atoms with E-state index in [2.05, 4.69) is 11.9 Å². The quantitative estimate of drug-likeness (QED) is 0.573. The first-order valence-electron chi connectivity index (χ1n) is 9.02. The Morgan fingerprint density at radius 3 is 2.92 bits per heavy atom. The van der Waals surface area contributed by atoms with Crippen molar-refractivity contribution in [3.63, 3.8) is 0 Å². The Hall–Kier alpha value is -1.86. The van der Waals surface area contributed by atoms with E-state index < -0.39 is 0 Å². The molecule has 1 fully saturated rings. The van der Waals surface area contributed by atoms with Crippen LogP contribution in [0.2, 0.25) is 0 Å². The van der Waals surface area contributed by atoms with Crippen molar-refractivity contribution < 1.29 is 9.53 Å². The van der Waals surface area contributed by atoms with Crippen molar-refractivity contribution in [3.05, 3.63) is 34.6 Å². The van der Waals surface area contributed by atoms with Crippen molar-refractivity contribution in [3.8, 4) is 0 Å². The molecule has 140 valence electrons. The van der Waals surface area contributed by atoms with Gasteiger partial charge in [-0.1, -0.05) is 23.9 Å². The van der Waals surface area contributed by atoms with E-state index in [4.69, 9.17) is 4.74 Å². The van der Waals surface area contributed by atoms with Crippen LogP contribution in [-0.2, 0) is 16.1 Å². The molecule has 0 N–H and O–H groups in total. The molecule has 1 amide bonds. The number of carbonyl (C=O) groups excluding carboxylic acids is 1. The molecule has 1 aliphatic heterocycles. The fraction of sp³-hybridized carbons (Fsp3) is 0.526. The molecule has 0 radical (unpaired) electrons. The van der Waals surface area contributed by atoms with E-state index in [9.17, 15) is 9.59 Å². The summed E-state index contributed by atoms with van der Waals surface area (Å²) in [6.07, 6.45) is 3.30. The third-order valence-electron chi connectivity index (χ3n) is 4.79. The van der Waals surface area contributed by atoms with Crippen molar-refractivity contribution in [1.29, 1.82) is 0 Å². The summed E-state index contributed by atoms with van der Waals surface area (Å²) in [5.41, 5.74) is 0.571. The van der Waals surface area contributed by atoms with Crippen LogP contribution in [-0.4, -0.2) is 52.4 Å². The summed E-state index contributed by atoms with van der Waals surface area (Å²) in [4.78, 5) is 32.0. The summed E-state index contributed by atoms with van der Waals surface area (Å²) < 4.78 is 6.75. The molecule has 0 aliphatic carbocycles. The number of rotatable bonds is 6. The minimum absolute atomic E-state index is 0.0889. The zero-order chi connectivity index (χ0) is 18.5. The van der Waals surface area contributed by atoms with E-state index in [1.807, 2.05) is 23.1 Å². The fourth-order valence-corrected chi connectivity index (χ4v) is 4.23. The van der Waals surface area contributed by atoms with E-state index in [1.165, 1.54) is 18.2 Å². The van der Waals surface area contributed by atoms with Crippen LogP contribution in [0.4, 0.5) is 0 Å². The Balaban J connectivity index is 1.83. The lowest BCUT2D eigenvalue weighted by molar-refractivity contribution is -0.131. The molecule has 7 heteroatoms. The smallest absolute Gasteiger partial charge is 0.262 e. The average molecular weight is 375 g/mol. The number of ether oxygens (including phenoxy) is 1. The summed E-state index contributed by atoms with van der Waals surface area (Å²) in [7, 11) is 1.60. The Kier molecular flexibility index (Phi) is 6.32. The minimum Gasteiger partial charge on any atom is -0.383 e. The van der Waals surface area contributed by atoms with Gasteiger partial charge in [0.15, 0.2) is 5.16 Å². The lowest BCUT2D eigenvalue weighted by atomic mass is 10.0. The highest BCUT2D eigenvalue weighted by Crippen LogP contribution is 2.21. The standard InChI is InChI=1S/C19H25N3O3S/c1-14-7-5-6-10-21(14)17(23)13-26-19-20-16-9-4-3-8-15(16)18(24)22(19)11-12-25-2/h3-4,8-9,14H,5-7,10-13H2,1-2H3/t14-/m1/s1. The highest BCUT2D eigenvalue weighted by atomic mass is 32.2. The van der Waals surface area contributed by atoms with Gasteiger partial charge in [-0.05, 0) is 38.3 Å². The largest absolute Gasteiger partial charge is 0.383 e. The zero-order valence-corrected chi connectivity index (χ0v) is 16.1. The number of likely N-dealkylation sites (tertiary alicyclic amines) is 1. The number of nitrogens with zero attached hydrogens (tertiary/aromatic N) is 3. The van der Waals surface area contributed by atoms with Gasteiger partial charge < -0.3 is 9.64 Å². The molecule has 1 aliphatic rings. The monoisotopic (exact) mass is 375 g/mol. The van der Waals surface area contributed by atoms with Gasteiger partial charge in [0.25, 0.3) is 5.56 Å². The summed E-state index contributed by atoms with van der Waals surface area (Å²) in [6, 6.07) is 7.60. The van der Waals surface area contributed by atoms with Crippen LogP contribution in [0.25, 0.3) is 10.9 Å². The molecular formula is C19H25N3O3S. The zero-order valence-electron chi connectivity index (χ0n) is 15.3. The topological polar surface area (TPSA) is 64.4 Å². The number of hydrogen-bond acceptors (Lipinski definition) is 5. The molecule has 0 spiro atoms. The van der Waals surface area contributed by atoms with Crippen LogP contribution in [0.5, 0.6) is 0 Å². The number of hydrogen-bond donors (Lipinski definition) is 0. The summed E-state index contributed by atoms with van der Waals surface area (Å²) in [5.74, 6) is 0.408. The average Bonchev–Trinajstić information content (AvgIpc) is 2.66. The van der Waals surface area contributed by atoms with Gasteiger partial charge in [0.1, 0.15) is 0 Å². The van der Waals surface area contributed by atoms with Crippen molar-refractivity contribution in [1.82, 2.24) is 14.5 Å². The first-order chi connectivity index (χ1) is 12.6. The number of thioether (sulfide) groups is 1. The highest BCUT2D eigenvalue weighted by Gasteiger charge is 2.23. The molecule has 2 aromatic rings. The number of carbonyl (C=O) groups is 1. The normalized spacial score (nSPS) is 17.6. The van der Waals surface area contributed by atoms with Crippen molar-refractivity contribution in [2.75, 3.05) is 26.0 Å². The first kappa shape index (κ1) is 18.9. The molecule has 1 aromatic heterocycles. The fourth-order valence-electron chi connectivity index (χ4n) is 3.32. The maximum Gasteiger partial charge on any atom is 0.262 e. The second kappa shape index (κ2) is 8.68. The van der Waals surface area contributed by atoms with Crippen LogP contribution in [0.3, 0.4) is 0 Å². The molecule has 2 heterocycles. The summed E-state index contributed by atoms with van der Waals surface area (Å²) in [6.45, 7) is 3.76. The number of benzene rings is 1. The van der Waals surface area contributed by atoms with Crippen LogP contribution < -0.4 is 5.56 Å². The molecule has 1 saturated heterocycles. The number of methoxy groups -OCH3 is 1. The van der Waals surface area contributed by atoms with Gasteiger partial charge in [-0.25, -0.2) is 4.98 Å². The van der Waals surface area contributed by atoms with E-state index in [-0.39, 0.29) is 17.5 Å². The van der Waals surface area contributed by atoms with Gasteiger partial charge in [0, 0.05) is 19.7 Å². The van der Waals surface area contributed by atoms with Crippen molar-refractivity contribution in [2.24, 2.45) is 0 Å². The van der Waals surface area contributed by atoms with Gasteiger partial charge in [0.2, 0.25) is 5.91 Å². The van der Waals surface area contributed by atoms with E-state index in [0.29, 0.717) is 35.0 Å². The molecule has 0 unspecified atom stereocenters. The molecule has 6 nitrogen and oxygen atoms in total. The SMILES string of the molecule is COCCn1c(SCC(=O)N2CCCC[C@H]2C)nc2ccccc2c1=O. The Labute approximate surface area is 157 Å². The van der Waals surface area contributed by atoms with Gasteiger partial charge in [0.05, 0.1) is 29.8 Å². The van der Waals surface area contributed by atoms with Crippen LogP contribution >= 0.6 is 11.8 Å². The van der Waals surface area contributed by atoms with Gasteiger partial charge >= 0.3 is 0 Å². The second-order valence-corrected chi connectivity index (χ2v) is 7.52. The lowest BCUT2D eigenvalue weighted by Crippen LogP contribution is -2.43. The Bertz CT molecular complexity index is 836. The van der Waals surface area contributed by atoms with Gasteiger partial charge in [-0.3, -0.25) is 14.2 Å². The minimum atomic E-state index is -0.0889. The predicted octanol–water partition coefficient (Wildman–Crippen LogP) is 2.54. The van der Waals surface area contributed by atoms with E-state index >= 15 is 0 Å². The van der Waals surface area contributed by atoms with E-state index in [1.54, 1.807) is 17.7 Å². The molecule has 1 atom stereocenters. The number of amides is 1. The van der Waals surface area contributed by atoms with Crippen LogP contribution in [0.15, 0.2) is 34.2 Å². The third-order valence-corrected chi connectivity index (χ3v) is 5.75. The molecule has 0 bridgehead atoms. The molecule has 3 rings (SSSR count). The maximum atomic E-state index is 12.8. The maximum absolute atomic E-state index is 12.8. The molecule has 0 saturated carbocycles. The third kappa shape index (κ3) is 4.10. The second-order valence-electron chi connectivity index (χ2n) is 6.58. The van der Waals surface area contributed by atoms with Crippen molar-refractivity contribution in [2.45, 2.75) is 43.9 Å². The van der Waals surface area contributed by atoms with Crippen LogP contribution in [0, 0.1) is 0 Å². The highest BCUT2D eigenvalue weighted by molar-refractivity contribution is 7.99. The number of para-hydroxylation sites is 1. The van der Waals surface area contributed by atoms with E-state index in [0.717, 1.165) is 19.4 Å². The van der Waals surface area contributed by atoms with Crippen molar-refractivity contribution >= 4 is 28.6 Å². The molecule has 1 aromatic carbocycles. The van der Waals surface area contributed by atoms with Gasteiger partial charge in [-0.2, -0.15) is 0 Å². The Morgan fingerprint density at radius 1 is 1.35 bits per heavy atom. The number of fused-ring (bicyclic) bond motifs is 1.